The van der Waals surface area contributed by atoms with Gasteiger partial charge >= 0.3 is 0 Å². The van der Waals surface area contributed by atoms with Gasteiger partial charge in [-0.1, -0.05) is 12.8 Å². The van der Waals surface area contributed by atoms with E-state index in [1.54, 1.807) is 6.07 Å². The van der Waals surface area contributed by atoms with Crippen molar-refractivity contribution in [2.75, 3.05) is 13.1 Å². The highest BCUT2D eigenvalue weighted by molar-refractivity contribution is 6.04. The molecule has 1 saturated heterocycles. The molecule has 4 nitrogen and oxygen atoms in total. The highest BCUT2D eigenvalue weighted by Crippen LogP contribution is 2.20. The Morgan fingerprint density at radius 1 is 1.21 bits per heavy atom. The molecule has 1 N–H and O–H groups in total. The van der Waals surface area contributed by atoms with E-state index in [4.69, 9.17) is 0 Å². The number of carbonyl (C=O) groups excluding carboxylic acids is 1. The Morgan fingerprint density at radius 2 is 1.95 bits per heavy atom. The van der Waals surface area contributed by atoms with Crippen LogP contribution in [0.15, 0.2) is 18.2 Å². The van der Waals surface area contributed by atoms with Crippen LogP contribution in [0.1, 0.15) is 36.2 Å². The number of likely N-dealkylation sites (tertiary alicyclic amines) is 1. The molecule has 100 valence electrons. The maximum Gasteiger partial charge on any atom is 0.274 e. The zero-order valence-electron chi connectivity index (χ0n) is 10.7. The first-order valence-electron chi connectivity index (χ1n) is 6.68. The first kappa shape index (κ1) is 12.1. The molecule has 0 spiro atoms. The molecule has 1 aliphatic heterocycles. The van der Waals surface area contributed by atoms with Gasteiger partial charge in [0.15, 0.2) is 5.69 Å². The van der Waals surface area contributed by atoms with E-state index in [0.29, 0.717) is 16.6 Å². The number of nitrogens with zero attached hydrogens (tertiary/aromatic N) is 2. The fourth-order valence-electron chi connectivity index (χ4n) is 2.57. The first-order chi connectivity index (χ1) is 9.25. The van der Waals surface area contributed by atoms with E-state index in [1.165, 1.54) is 25.0 Å². The number of carbonyl (C=O) groups is 1. The molecule has 2 aromatic rings. The van der Waals surface area contributed by atoms with Gasteiger partial charge in [0.25, 0.3) is 5.91 Å². The maximum atomic E-state index is 13.3. The van der Waals surface area contributed by atoms with Crippen LogP contribution in [0.2, 0.25) is 0 Å². The monoisotopic (exact) mass is 261 g/mol. The van der Waals surface area contributed by atoms with Crippen LogP contribution in [0, 0.1) is 5.82 Å². The molecule has 0 bridgehead atoms. The molecule has 5 heteroatoms. The van der Waals surface area contributed by atoms with Crippen LogP contribution in [-0.2, 0) is 0 Å². The molecule has 0 unspecified atom stereocenters. The van der Waals surface area contributed by atoms with Crippen molar-refractivity contribution in [1.29, 1.82) is 0 Å². The summed E-state index contributed by atoms with van der Waals surface area (Å²) < 4.78 is 13.3. The summed E-state index contributed by atoms with van der Waals surface area (Å²) in [6.07, 6.45) is 4.39. The van der Waals surface area contributed by atoms with E-state index in [9.17, 15) is 9.18 Å². The zero-order valence-corrected chi connectivity index (χ0v) is 10.7. The number of amides is 1. The van der Waals surface area contributed by atoms with Crippen molar-refractivity contribution in [2.45, 2.75) is 25.7 Å². The largest absolute Gasteiger partial charge is 0.337 e. The van der Waals surface area contributed by atoms with Crippen LogP contribution in [0.25, 0.3) is 10.9 Å². The van der Waals surface area contributed by atoms with E-state index in [-0.39, 0.29) is 11.7 Å². The topological polar surface area (TPSA) is 49.0 Å². The summed E-state index contributed by atoms with van der Waals surface area (Å²) in [5.74, 6) is -0.447. The van der Waals surface area contributed by atoms with E-state index in [0.717, 1.165) is 25.9 Å². The number of H-pyrrole nitrogens is 1. The van der Waals surface area contributed by atoms with Crippen molar-refractivity contribution in [1.82, 2.24) is 15.1 Å². The Morgan fingerprint density at radius 3 is 2.68 bits per heavy atom. The average Bonchev–Trinajstić information content (AvgIpc) is 2.64. The van der Waals surface area contributed by atoms with E-state index in [1.807, 2.05) is 4.90 Å². The molecule has 0 aliphatic carbocycles. The minimum atomic E-state index is -0.348. The van der Waals surface area contributed by atoms with Crippen LogP contribution in [0.3, 0.4) is 0 Å². The molecule has 1 amide bonds. The zero-order chi connectivity index (χ0) is 13.2. The van der Waals surface area contributed by atoms with Crippen molar-refractivity contribution in [3.8, 4) is 0 Å². The second-order valence-corrected chi connectivity index (χ2v) is 4.97. The Labute approximate surface area is 110 Å². The van der Waals surface area contributed by atoms with Gasteiger partial charge in [0.1, 0.15) is 5.82 Å². The average molecular weight is 261 g/mol. The van der Waals surface area contributed by atoms with Gasteiger partial charge in [0, 0.05) is 18.5 Å². The van der Waals surface area contributed by atoms with Crippen LogP contribution in [0.5, 0.6) is 0 Å². The lowest BCUT2D eigenvalue weighted by Crippen LogP contribution is -2.32. The number of fused-ring (bicyclic) bond motifs is 1. The van der Waals surface area contributed by atoms with Gasteiger partial charge in [-0.25, -0.2) is 4.39 Å². The molecule has 0 atom stereocenters. The first-order valence-corrected chi connectivity index (χ1v) is 6.68. The van der Waals surface area contributed by atoms with Crippen LogP contribution in [-0.4, -0.2) is 34.1 Å². The number of aromatic amines is 1. The van der Waals surface area contributed by atoms with Crippen molar-refractivity contribution in [3.05, 3.63) is 29.7 Å². The molecule has 1 fully saturated rings. The predicted octanol–water partition coefficient (Wildman–Crippen LogP) is 2.72. The third kappa shape index (κ3) is 2.32. The molecule has 1 aromatic heterocycles. The molecule has 2 heterocycles. The second-order valence-electron chi connectivity index (χ2n) is 4.97. The minimum Gasteiger partial charge on any atom is -0.337 e. The van der Waals surface area contributed by atoms with Crippen LogP contribution < -0.4 is 0 Å². The fourth-order valence-corrected chi connectivity index (χ4v) is 2.57. The van der Waals surface area contributed by atoms with Crippen molar-refractivity contribution >= 4 is 16.8 Å². The van der Waals surface area contributed by atoms with Crippen LogP contribution >= 0.6 is 0 Å². The number of hydrogen-bond acceptors (Lipinski definition) is 2. The van der Waals surface area contributed by atoms with E-state index >= 15 is 0 Å². The predicted molar refractivity (Wildman–Crippen MR) is 70.4 cm³/mol. The molecule has 0 saturated carbocycles. The normalized spacial score (nSPS) is 16.6. The molecule has 1 aliphatic rings. The summed E-state index contributed by atoms with van der Waals surface area (Å²) in [4.78, 5) is 14.3. The van der Waals surface area contributed by atoms with Gasteiger partial charge in [-0.2, -0.15) is 5.10 Å². The number of nitrogens with one attached hydrogen (secondary N) is 1. The minimum absolute atomic E-state index is 0.0984. The highest BCUT2D eigenvalue weighted by Gasteiger charge is 2.21. The van der Waals surface area contributed by atoms with Gasteiger partial charge in [-0.05, 0) is 31.0 Å². The third-order valence-electron chi connectivity index (χ3n) is 3.62. The molecule has 3 rings (SSSR count). The lowest BCUT2D eigenvalue weighted by molar-refractivity contribution is 0.0757. The van der Waals surface area contributed by atoms with Crippen molar-refractivity contribution in [2.24, 2.45) is 0 Å². The Bertz CT molecular complexity index is 600. The van der Waals surface area contributed by atoms with Gasteiger partial charge in [-0.3, -0.25) is 9.89 Å². The molecular weight excluding hydrogens is 245 g/mol. The molecule has 19 heavy (non-hydrogen) atoms. The van der Waals surface area contributed by atoms with Crippen molar-refractivity contribution in [3.63, 3.8) is 0 Å². The number of benzene rings is 1. The fraction of sp³-hybridized carbons (Fsp3) is 0.429. The number of rotatable bonds is 1. The highest BCUT2D eigenvalue weighted by atomic mass is 19.1. The quantitative estimate of drug-likeness (QED) is 0.858. The lowest BCUT2D eigenvalue weighted by atomic mass is 10.2. The van der Waals surface area contributed by atoms with Gasteiger partial charge in [0.05, 0.1) is 5.52 Å². The number of halogens is 1. The summed E-state index contributed by atoms with van der Waals surface area (Å²) in [6.45, 7) is 1.53. The summed E-state index contributed by atoms with van der Waals surface area (Å²) in [5, 5.41) is 7.41. The number of aromatic nitrogens is 2. The third-order valence-corrected chi connectivity index (χ3v) is 3.62. The number of hydrogen-bond donors (Lipinski definition) is 1. The summed E-state index contributed by atoms with van der Waals surface area (Å²) >= 11 is 0. The summed E-state index contributed by atoms with van der Waals surface area (Å²) in [5.41, 5.74) is 1.02. The summed E-state index contributed by atoms with van der Waals surface area (Å²) in [7, 11) is 0. The lowest BCUT2D eigenvalue weighted by Gasteiger charge is -2.19. The standard InChI is InChI=1S/C14H16FN3O/c15-10-5-6-12-11(9-10)13(17-16-12)14(19)18-7-3-1-2-4-8-18/h5-6,9H,1-4,7-8H2,(H,16,17). The Kier molecular flexibility index (Phi) is 3.19. The smallest absolute Gasteiger partial charge is 0.274 e. The summed E-state index contributed by atoms with van der Waals surface area (Å²) in [6, 6.07) is 4.33. The maximum absolute atomic E-state index is 13.3. The van der Waals surface area contributed by atoms with E-state index in [2.05, 4.69) is 10.2 Å². The van der Waals surface area contributed by atoms with Crippen molar-refractivity contribution < 1.29 is 9.18 Å². The van der Waals surface area contributed by atoms with Crippen LogP contribution in [0.4, 0.5) is 4.39 Å². The van der Waals surface area contributed by atoms with Gasteiger partial charge in [-0.15, -0.1) is 0 Å². The molecule has 0 radical (unpaired) electrons. The second kappa shape index (κ2) is 4.99. The molecular formula is C14H16FN3O. The molecule has 1 aromatic carbocycles. The SMILES string of the molecule is O=C(c1n[nH]c2ccc(F)cc12)N1CCCCCC1. The Balaban J connectivity index is 1.94. The van der Waals surface area contributed by atoms with Gasteiger partial charge in [0.2, 0.25) is 0 Å². The van der Waals surface area contributed by atoms with Gasteiger partial charge < -0.3 is 4.90 Å². The Hall–Kier alpha value is -1.91. The van der Waals surface area contributed by atoms with E-state index < -0.39 is 0 Å².